The van der Waals surface area contributed by atoms with Gasteiger partial charge in [0.1, 0.15) is 5.82 Å². The van der Waals surface area contributed by atoms with Crippen LogP contribution in [0, 0.1) is 12.7 Å². The van der Waals surface area contributed by atoms with E-state index in [1.54, 1.807) is 12.1 Å². The van der Waals surface area contributed by atoms with Gasteiger partial charge in [-0.2, -0.15) is 0 Å². The van der Waals surface area contributed by atoms with Crippen molar-refractivity contribution < 1.29 is 9.18 Å². The maximum Gasteiger partial charge on any atom is 0.221 e. The third-order valence-electron chi connectivity index (χ3n) is 3.00. The van der Waals surface area contributed by atoms with Gasteiger partial charge in [0.15, 0.2) is 0 Å². The number of nitrogens with one attached hydrogen (secondary N) is 2. The van der Waals surface area contributed by atoms with Crippen LogP contribution in [0.4, 0.5) is 15.8 Å². The molecule has 0 fully saturated rings. The van der Waals surface area contributed by atoms with Gasteiger partial charge in [0.2, 0.25) is 5.91 Å². The molecule has 0 saturated carbocycles. The maximum atomic E-state index is 13.5. The molecule has 0 heterocycles. The minimum atomic E-state index is -0.449. The second-order valence-corrected chi connectivity index (χ2v) is 5.67. The third kappa shape index (κ3) is 4.29. The van der Waals surface area contributed by atoms with Crippen molar-refractivity contribution in [3.8, 4) is 0 Å². The Morgan fingerprint density at radius 3 is 2.67 bits per heavy atom. The van der Waals surface area contributed by atoms with Crippen LogP contribution in [0.5, 0.6) is 0 Å². The van der Waals surface area contributed by atoms with E-state index in [4.69, 9.17) is 0 Å². The quantitative estimate of drug-likeness (QED) is 0.854. The Kier molecular flexibility index (Phi) is 4.96. The fourth-order valence-corrected chi connectivity index (χ4v) is 2.19. The Morgan fingerprint density at radius 2 is 2.00 bits per heavy atom. The van der Waals surface area contributed by atoms with Crippen molar-refractivity contribution >= 4 is 33.2 Å². The summed E-state index contributed by atoms with van der Waals surface area (Å²) in [6.07, 6.45) is 0. The van der Waals surface area contributed by atoms with Crippen LogP contribution in [0.1, 0.15) is 18.1 Å². The molecular formula is C16H16BrFN2O. The fourth-order valence-electron chi connectivity index (χ4n) is 1.94. The SMILES string of the molecule is CC(=O)Nc1cc(NCc2ccc(Br)c(C)c2)ccc1F. The van der Waals surface area contributed by atoms with Crippen molar-refractivity contribution in [2.75, 3.05) is 10.6 Å². The van der Waals surface area contributed by atoms with Crippen LogP contribution in [0.25, 0.3) is 0 Å². The summed E-state index contributed by atoms with van der Waals surface area (Å²) in [6, 6.07) is 10.7. The molecule has 3 nitrogen and oxygen atoms in total. The van der Waals surface area contributed by atoms with E-state index in [1.165, 1.54) is 13.0 Å². The van der Waals surface area contributed by atoms with E-state index < -0.39 is 5.82 Å². The maximum absolute atomic E-state index is 13.5. The number of benzene rings is 2. The van der Waals surface area contributed by atoms with Gasteiger partial charge >= 0.3 is 0 Å². The van der Waals surface area contributed by atoms with Crippen molar-refractivity contribution in [3.05, 3.63) is 57.8 Å². The number of amides is 1. The number of rotatable bonds is 4. The van der Waals surface area contributed by atoms with E-state index in [9.17, 15) is 9.18 Å². The van der Waals surface area contributed by atoms with E-state index in [1.807, 2.05) is 19.1 Å². The zero-order valence-electron chi connectivity index (χ0n) is 11.8. The van der Waals surface area contributed by atoms with Crippen molar-refractivity contribution in [1.82, 2.24) is 0 Å². The monoisotopic (exact) mass is 350 g/mol. The zero-order valence-corrected chi connectivity index (χ0v) is 13.4. The van der Waals surface area contributed by atoms with E-state index in [2.05, 4.69) is 32.6 Å². The predicted octanol–water partition coefficient (Wildman–Crippen LogP) is 4.47. The lowest BCUT2D eigenvalue weighted by atomic mass is 10.1. The molecule has 0 aliphatic carbocycles. The van der Waals surface area contributed by atoms with Gasteiger partial charge in [-0.15, -0.1) is 0 Å². The minimum absolute atomic E-state index is 0.180. The van der Waals surface area contributed by atoms with Crippen molar-refractivity contribution in [3.63, 3.8) is 0 Å². The first kappa shape index (κ1) is 15.5. The Bertz CT molecular complexity index is 673. The zero-order chi connectivity index (χ0) is 15.4. The summed E-state index contributed by atoms with van der Waals surface area (Å²) in [4.78, 5) is 11.0. The molecule has 0 aliphatic heterocycles. The molecule has 2 rings (SSSR count). The summed E-state index contributed by atoms with van der Waals surface area (Å²) in [5.41, 5.74) is 3.22. The van der Waals surface area contributed by atoms with Crippen LogP contribution in [0.3, 0.4) is 0 Å². The van der Waals surface area contributed by atoms with Gasteiger partial charge in [-0.3, -0.25) is 4.79 Å². The molecule has 0 atom stereocenters. The first-order valence-corrected chi connectivity index (χ1v) is 7.31. The number of hydrogen-bond acceptors (Lipinski definition) is 2. The molecule has 2 aromatic carbocycles. The molecule has 0 aliphatic rings. The third-order valence-corrected chi connectivity index (χ3v) is 3.89. The Labute approximate surface area is 131 Å². The van der Waals surface area contributed by atoms with Crippen LogP contribution in [0.15, 0.2) is 40.9 Å². The molecule has 0 saturated heterocycles. The number of halogens is 2. The van der Waals surface area contributed by atoms with Crippen molar-refractivity contribution in [2.45, 2.75) is 20.4 Å². The summed E-state index contributed by atoms with van der Waals surface area (Å²) in [6.45, 7) is 4.00. The summed E-state index contributed by atoms with van der Waals surface area (Å²) < 4.78 is 14.6. The highest BCUT2D eigenvalue weighted by molar-refractivity contribution is 9.10. The first-order valence-electron chi connectivity index (χ1n) is 6.52. The largest absolute Gasteiger partial charge is 0.381 e. The molecule has 2 aromatic rings. The smallest absolute Gasteiger partial charge is 0.221 e. The fraction of sp³-hybridized carbons (Fsp3) is 0.188. The van der Waals surface area contributed by atoms with Crippen molar-refractivity contribution in [2.24, 2.45) is 0 Å². The molecule has 2 N–H and O–H groups in total. The number of carbonyl (C=O) groups is 1. The number of hydrogen-bond donors (Lipinski definition) is 2. The second-order valence-electron chi connectivity index (χ2n) is 4.81. The van der Waals surface area contributed by atoms with E-state index in [-0.39, 0.29) is 11.6 Å². The van der Waals surface area contributed by atoms with E-state index >= 15 is 0 Å². The molecular weight excluding hydrogens is 335 g/mol. The Balaban J connectivity index is 2.09. The summed E-state index contributed by atoms with van der Waals surface area (Å²) in [7, 11) is 0. The average Bonchev–Trinajstić information content (AvgIpc) is 2.43. The molecule has 110 valence electrons. The van der Waals surface area contributed by atoms with Gasteiger partial charge < -0.3 is 10.6 Å². The summed E-state index contributed by atoms with van der Waals surface area (Å²) >= 11 is 3.46. The molecule has 1 amide bonds. The second kappa shape index (κ2) is 6.72. The van der Waals surface area contributed by atoms with Crippen LogP contribution < -0.4 is 10.6 Å². The molecule has 0 unspecified atom stereocenters. The van der Waals surface area contributed by atoms with Gasteiger partial charge in [0.25, 0.3) is 0 Å². The highest BCUT2D eigenvalue weighted by Crippen LogP contribution is 2.21. The van der Waals surface area contributed by atoms with Crippen LogP contribution >= 0.6 is 15.9 Å². The number of carbonyl (C=O) groups excluding carboxylic acids is 1. The number of aryl methyl sites for hydroxylation is 1. The predicted molar refractivity (Wildman–Crippen MR) is 86.9 cm³/mol. The molecule has 5 heteroatoms. The van der Waals surface area contributed by atoms with Gasteiger partial charge in [-0.05, 0) is 42.3 Å². The van der Waals surface area contributed by atoms with Gasteiger partial charge in [-0.25, -0.2) is 4.39 Å². The van der Waals surface area contributed by atoms with Crippen molar-refractivity contribution in [1.29, 1.82) is 0 Å². The molecule has 0 bridgehead atoms. The van der Waals surface area contributed by atoms with Crippen LogP contribution in [0.2, 0.25) is 0 Å². The lowest BCUT2D eigenvalue weighted by Gasteiger charge is -2.10. The standard InChI is InChI=1S/C16H16BrFN2O/c1-10-7-12(3-5-14(10)17)9-19-13-4-6-15(18)16(8-13)20-11(2)21/h3-8,19H,9H2,1-2H3,(H,20,21). The average molecular weight is 351 g/mol. The lowest BCUT2D eigenvalue weighted by Crippen LogP contribution is -2.08. The first-order chi connectivity index (χ1) is 9.95. The van der Waals surface area contributed by atoms with Gasteiger partial charge in [0, 0.05) is 23.6 Å². The summed E-state index contributed by atoms with van der Waals surface area (Å²) in [5, 5.41) is 5.68. The Morgan fingerprint density at radius 1 is 1.24 bits per heavy atom. The topological polar surface area (TPSA) is 41.1 Å². The normalized spacial score (nSPS) is 10.3. The molecule has 0 aromatic heterocycles. The lowest BCUT2D eigenvalue weighted by molar-refractivity contribution is -0.114. The van der Waals surface area contributed by atoms with E-state index in [0.717, 1.165) is 21.3 Å². The number of anilines is 2. The highest BCUT2D eigenvalue weighted by atomic mass is 79.9. The molecule has 0 spiro atoms. The van der Waals surface area contributed by atoms with Crippen LogP contribution in [-0.2, 0) is 11.3 Å². The van der Waals surface area contributed by atoms with Gasteiger partial charge in [-0.1, -0.05) is 28.1 Å². The highest BCUT2D eigenvalue weighted by Gasteiger charge is 2.05. The van der Waals surface area contributed by atoms with Crippen LogP contribution in [-0.4, -0.2) is 5.91 Å². The molecule has 0 radical (unpaired) electrons. The summed E-state index contributed by atoms with van der Waals surface area (Å²) in [5.74, 6) is -0.746. The molecule has 21 heavy (non-hydrogen) atoms. The Hall–Kier alpha value is -1.88. The van der Waals surface area contributed by atoms with E-state index in [0.29, 0.717) is 6.54 Å². The minimum Gasteiger partial charge on any atom is -0.381 e. The van der Waals surface area contributed by atoms with Gasteiger partial charge in [0.05, 0.1) is 5.69 Å².